The molecule has 4 heteroatoms. The Morgan fingerprint density at radius 3 is 2.63 bits per heavy atom. The van der Waals surface area contributed by atoms with Crippen molar-refractivity contribution in [3.63, 3.8) is 0 Å². The van der Waals surface area contributed by atoms with Crippen LogP contribution in [0.4, 0.5) is 10.5 Å². The molecule has 19 heavy (non-hydrogen) atoms. The van der Waals surface area contributed by atoms with Gasteiger partial charge in [0.25, 0.3) is 0 Å². The zero-order valence-electron chi connectivity index (χ0n) is 11.8. The molecule has 0 saturated carbocycles. The average Bonchev–Trinajstić information content (AvgIpc) is 2.77. The maximum Gasteiger partial charge on any atom is 0.410 e. The molecule has 104 valence electrons. The molecule has 1 aromatic carbocycles. The van der Waals surface area contributed by atoms with E-state index in [1.54, 1.807) is 4.90 Å². The Labute approximate surface area is 114 Å². The van der Waals surface area contributed by atoms with E-state index in [0.717, 1.165) is 18.7 Å². The van der Waals surface area contributed by atoms with Gasteiger partial charge in [-0.05, 0) is 39.3 Å². The van der Waals surface area contributed by atoms with E-state index in [2.05, 4.69) is 5.32 Å². The van der Waals surface area contributed by atoms with Gasteiger partial charge in [-0.1, -0.05) is 18.2 Å². The van der Waals surface area contributed by atoms with Crippen molar-refractivity contribution in [1.29, 1.82) is 0 Å². The Bertz CT molecular complexity index is 426. The minimum Gasteiger partial charge on any atom is -0.444 e. The maximum atomic E-state index is 11.9. The van der Waals surface area contributed by atoms with Gasteiger partial charge in [-0.15, -0.1) is 0 Å². The fourth-order valence-electron chi connectivity index (χ4n) is 2.14. The van der Waals surface area contributed by atoms with E-state index >= 15 is 0 Å². The largest absolute Gasteiger partial charge is 0.444 e. The second-order valence-electron chi connectivity index (χ2n) is 5.92. The summed E-state index contributed by atoms with van der Waals surface area (Å²) in [4.78, 5) is 13.7. The van der Waals surface area contributed by atoms with Crippen molar-refractivity contribution in [3.05, 3.63) is 30.3 Å². The lowest BCUT2D eigenvalue weighted by Crippen LogP contribution is -2.36. The van der Waals surface area contributed by atoms with Gasteiger partial charge in [0.15, 0.2) is 0 Å². The van der Waals surface area contributed by atoms with Gasteiger partial charge in [0.05, 0.1) is 0 Å². The monoisotopic (exact) mass is 262 g/mol. The van der Waals surface area contributed by atoms with E-state index < -0.39 is 5.60 Å². The molecule has 0 aliphatic carbocycles. The Balaban J connectivity index is 1.85. The van der Waals surface area contributed by atoms with Crippen LogP contribution in [0, 0.1) is 0 Å². The molecule has 0 bridgehead atoms. The molecule has 4 nitrogen and oxygen atoms in total. The molecule has 1 heterocycles. The SMILES string of the molecule is CC(C)(C)OC(=O)N1CC[C@@H](Nc2ccccc2)C1. The number of benzene rings is 1. The number of nitrogens with zero attached hydrogens (tertiary/aromatic N) is 1. The van der Waals surface area contributed by atoms with Gasteiger partial charge < -0.3 is 15.0 Å². The van der Waals surface area contributed by atoms with Crippen molar-refractivity contribution in [2.45, 2.75) is 38.8 Å². The van der Waals surface area contributed by atoms with Crippen LogP contribution in [0.15, 0.2) is 30.3 Å². The number of ether oxygens (including phenoxy) is 1. The Hall–Kier alpha value is -1.71. The van der Waals surface area contributed by atoms with E-state index in [4.69, 9.17) is 4.74 Å². The molecule has 1 fully saturated rings. The molecular weight excluding hydrogens is 240 g/mol. The summed E-state index contributed by atoms with van der Waals surface area (Å²) in [5.74, 6) is 0. The number of hydrogen-bond donors (Lipinski definition) is 1. The number of rotatable bonds is 2. The van der Waals surface area contributed by atoms with Crippen LogP contribution in [-0.2, 0) is 4.74 Å². The summed E-state index contributed by atoms with van der Waals surface area (Å²) in [6, 6.07) is 10.4. The number of nitrogens with one attached hydrogen (secondary N) is 1. The molecule has 1 aliphatic rings. The lowest BCUT2D eigenvalue weighted by atomic mass is 10.2. The van der Waals surface area contributed by atoms with Crippen molar-refractivity contribution < 1.29 is 9.53 Å². The quantitative estimate of drug-likeness (QED) is 0.890. The number of para-hydroxylation sites is 1. The minimum absolute atomic E-state index is 0.218. The van der Waals surface area contributed by atoms with Gasteiger partial charge in [0, 0.05) is 24.8 Å². The molecule has 2 rings (SSSR count). The van der Waals surface area contributed by atoms with Crippen LogP contribution < -0.4 is 5.32 Å². The predicted octanol–water partition coefficient (Wildman–Crippen LogP) is 3.11. The van der Waals surface area contributed by atoms with Crippen LogP contribution >= 0.6 is 0 Å². The van der Waals surface area contributed by atoms with Crippen LogP contribution in [0.3, 0.4) is 0 Å². The van der Waals surface area contributed by atoms with E-state index in [9.17, 15) is 4.79 Å². The average molecular weight is 262 g/mol. The number of hydrogen-bond acceptors (Lipinski definition) is 3. The van der Waals surface area contributed by atoms with Crippen molar-refractivity contribution in [1.82, 2.24) is 4.90 Å². The standard InChI is InChI=1S/C15H22N2O2/c1-15(2,3)19-14(18)17-10-9-13(11-17)16-12-7-5-4-6-8-12/h4-8,13,16H,9-11H2,1-3H3/t13-/m1/s1. The molecule has 0 radical (unpaired) electrons. The summed E-state index contributed by atoms with van der Waals surface area (Å²) in [7, 11) is 0. The van der Waals surface area contributed by atoms with Gasteiger partial charge >= 0.3 is 6.09 Å². The number of anilines is 1. The molecule has 1 atom stereocenters. The van der Waals surface area contributed by atoms with Crippen LogP contribution in [-0.4, -0.2) is 35.7 Å². The number of carbonyl (C=O) groups excluding carboxylic acids is 1. The fraction of sp³-hybridized carbons (Fsp3) is 0.533. The van der Waals surface area contributed by atoms with Crippen LogP contribution in [0.2, 0.25) is 0 Å². The topological polar surface area (TPSA) is 41.6 Å². The first kappa shape index (κ1) is 13.7. The summed E-state index contributed by atoms with van der Waals surface area (Å²) in [5.41, 5.74) is 0.667. The molecule has 1 saturated heterocycles. The van der Waals surface area contributed by atoms with Crippen molar-refractivity contribution in [2.24, 2.45) is 0 Å². The highest BCUT2D eigenvalue weighted by molar-refractivity contribution is 5.68. The summed E-state index contributed by atoms with van der Waals surface area (Å²) >= 11 is 0. The van der Waals surface area contributed by atoms with Gasteiger partial charge in [-0.2, -0.15) is 0 Å². The zero-order valence-corrected chi connectivity index (χ0v) is 11.8. The van der Waals surface area contributed by atoms with Crippen molar-refractivity contribution in [2.75, 3.05) is 18.4 Å². The Kier molecular flexibility index (Phi) is 3.98. The normalized spacial score (nSPS) is 19.3. The highest BCUT2D eigenvalue weighted by atomic mass is 16.6. The summed E-state index contributed by atoms with van der Waals surface area (Å²) in [5, 5.41) is 3.44. The number of likely N-dealkylation sites (tertiary alicyclic amines) is 1. The lowest BCUT2D eigenvalue weighted by Gasteiger charge is -2.24. The van der Waals surface area contributed by atoms with Crippen molar-refractivity contribution >= 4 is 11.8 Å². The highest BCUT2D eigenvalue weighted by Gasteiger charge is 2.29. The maximum absolute atomic E-state index is 11.9. The highest BCUT2D eigenvalue weighted by Crippen LogP contribution is 2.18. The first-order valence-electron chi connectivity index (χ1n) is 6.73. The van der Waals surface area contributed by atoms with Crippen LogP contribution in [0.5, 0.6) is 0 Å². The van der Waals surface area contributed by atoms with E-state index in [0.29, 0.717) is 12.6 Å². The lowest BCUT2D eigenvalue weighted by molar-refractivity contribution is 0.0293. The fourth-order valence-corrected chi connectivity index (χ4v) is 2.14. The molecule has 1 aliphatic heterocycles. The van der Waals surface area contributed by atoms with Crippen molar-refractivity contribution in [3.8, 4) is 0 Å². The van der Waals surface area contributed by atoms with Crippen LogP contribution in [0.25, 0.3) is 0 Å². The zero-order chi connectivity index (χ0) is 13.9. The molecular formula is C15H22N2O2. The van der Waals surface area contributed by atoms with Gasteiger partial charge in [-0.3, -0.25) is 0 Å². The second-order valence-corrected chi connectivity index (χ2v) is 5.92. The molecule has 1 amide bonds. The second kappa shape index (κ2) is 5.51. The van der Waals surface area contributed by atoms with E-state index in [-0.39, 0.29) is 6.09 Å². The number of amides is 1. The van der Waals surface area contributed by atoms with Gasteiger partial charge in [0.1, 0.15) is 5.60 Å². The third kappa shape index (κ3) is 4.16. The van der Waals surface area contributed by atoms with Gasteiger partial charge in [-0.25, -0.2) is 4.79 Å². The van der Waals surface area contributed by atoms with E-state index in [1.165, 1.54) is 0 Å². The third-order valence-corrected chi connectivity index (χ3v) is 2.98. The molecule has 0 aromatic heterocycles. The Morgan fingerprint density at radius 1 is 1.32 bits per heavy atom. The summed E-state index contributed by atoms with van der Waals surface area (Å²) in [6.07, 6.45) is 0.735. The minimum atomic E-state index is -0.429. The first-order chi connectivity index (χ1) is 8.94. The molecule has 0 spiro atoms. The number of carbonyl (C=O) groups is 1. The summed E-state index contributed by atoms with van der Waals surface area (Å²) in [6.45, 7) is 7.12. The van der Waals surface area contributed by atoms with Crippen LogP contribution in [0.1, 0.15) is 27.2 Å². The molecule has 1 N–H and O–H groups in total. The third-order valence-electron chi connectivity index (χ3n) is 2.98. The summed E-state index contributed by atoms with van der Waals surface area (Å²) < 4.78 is 5.38. The first-order valence-corrected chi connectivity index (χ1v) is 6.73. The Morgan fingerprint density at radius 2 is 2.00 bits per heavy atom. The van der Waals surface area contributed by atoms with Gasteiger partial charge in [0.2, 0.25) is 0 Å². The molecule has 0 unspecified atom stereocenters. The molecule has 1 aromatic rings. The predicted molar refractivity (Wildman–Crippen MR) is 76.3 cm³/mol. The smallest absolute Gasteiger partial charge is 0.410 e. The van der Waals surface area contributed by atoms with E-state index in [1.807, 2.05) is 51.1 Å².